The van der Waals surface area contributed by atoms with Gasteiger partial charge in [0.2, 0.25) is 0 Å². The molecule has 1 N–H and O–H groups in total. The summed E-state index contributed by atoms with van der Waals surface area (Å²) in [5.74, 6) is 0.763. The molecule has 1 aliphatic heterocycles. The van der Waals surface area contributed by atoms with E-state index in [1.165, 1.54) is 36.0 Å². The molecule has 2 rings (SSSR count). The highest BCUT2D eigenvalue weighted by atomic mass is 79.9. The van der Waals surface area contributed by atoms with E-state index in [1.807, 2.05) is 0 Å². The van der Waals surface area contributed by atoms with E-state index in [-0.39, 0.29) is 0 Å². The summed E-state index contributed by atoms with van der Waals surface area (Å²) in [6.45, 7) is 4.58. The first-order valence-electron chi connectivity index (χ1n) is 5.80. The molecule has 15 heavy (non-hydrogen) atoms. The molecule has 0 radical (unpaired) electrons. The minimum atomic E-state index is 0.763. The predicted octanol–water partition coefficient (Wildman–Crippen LogP) is 3.48. The smallest absolute Gasteiger partial charge is 0.0178 e. The molecule has 0 spiro atoms. The molecule has 0 unspecified atom stereocenters. The van der Waals surface area contributed by atoms with Gasteiger partial charge in [-0.3, -0.25) is 0 Å². The second-order valence-electron chi connectivity index (χ2n) is 4.22. The van der Waals surface area contributed by atoms with Crippen LogP contribution in [0.25, 0.3) is 0 Å². The van der Waals surface area contributed by atoms with Gasteiger partial charge in [-0.2, -0.15) is 0 Å². The van der Waals surface area contributed by atoms with E-state index in [0.717, 1.165) is 12.3 Å². The van der Waals surface area contributed by atoms with Gasteiger partial charge >= 0.3 is 0 Å². The Balaban J connectivity index is 2.27. The van der Waals surface area contributed by atoms with E-state index in [1.54, 1.807) is 5.56 Å². The first-order valence-corrected chi connectivity index (χ1v) is 6.59. The molecule has 2 heteroatoms. The van der Waals surface area contributed by atoms with Crippen molar-refractivity contribution < 1.29 is 0 Å². The lowest BCUT2D eigenvalue weighted by Crippen LogP contribution is -2.27. The summed E-state index contributed by atoms with van der Waals surface area (Å²) < 4.78 is 1.22. The van der Waals surface area contributed by atoms with Crippen LogP contribution in [0.3, 0.4) is 0 Å². The number of rotatable bonds is 2. The highest BCUT2D eigenvalue weighted by molar-refractivity contribution is 9.10. The predicted molar refractivity (Wildman–Crippen MR) is 68.4 cm³/mol. The maximum Gasteiger partial charge on any atom is 0.0178 e. The Morgan fingerprint density at radius 3 is 2.73 bits per heavy atom. The van der Waals surface area contributed by atoms with Gasteiger partial charge in [0.15, 0.2) is 0 Å². The van der Waals surface area contributed by atoms with Gasteiger partial charge in [-0.1, -0.05) is 28.9 Å². The lowest BCUT2D eigenvalue weighted by atomic mass is 9.86. The van der Waals surface area contributed by atoms with Crippen molar-refractivity contribution in [3.63, 3.8) is 0 Å². The summed E-state index contributed by atoms with van der Waals surface area (Å²) in [5, 5.41) is 3.42. The van der Waals surface area contributed by atoms with Crippen LogP contribution < -0.4 is 5.32 Å². The van der Waals surface area contributed by atoms with Crippen LogP contribution in [0, 0.1) is 0 Å². The van der Waals surface area contributed by atoms with Crippen LogP contribution in [0.1, 0.15) is 36.8 Å². The van der Waals surface area contributed by atoms with Gasteiger partial charge in [0.25, 0.3) is 0 Å². The van der Waals surface area contributed by atoms with Crippen LogP contribution in [0.2, 0.25) is 0 Å². The average Bonchev–Trinajstić information content (AvgIpc) is 2.30. The lowest BCUT2D eigenvalue weighted by molar-refractivity contribution is 0.458. The van der Waals surface area contributed by atoms with Crippen LogP contribution in [-0.4, -0.2) is 13.1 Å². The highest BCUT2D eigenvalue weighted by Crippen LogP contribution is 2.30. The number of hydrogen-bond acceptors (Lipinski definition) is 1. The Bertz CT molecular complexity index is 329. The third-order valence-corrected chi connectivity index (χ3v) is 3.76. The molecule has 0 aromatic heterocycles. The summed E-state index contributed by atoms with van der Waals surface area (Å²) in [6, 6.07) is 6.74. The van der Waals surface area contributed by atoms with Crippen molar-refractivity contribution >= 4 is 15.9 Å². The third kappa shape index (κ3) is 2.61. The van der Waals surface area contributed by atoms with E-state index < -0.39 is 0 Å². The van der Waals surface area contributed by atoms with Crippen molar-refractivity contribution in [1.29, 1.82) is 0 Å². The van der Waals surface area contributed by atoms with Crippen molar-refractivity contribution in [2.75, 3.05) is 13.1 Å². The summed E-state index contributed by atoms with van der Waals surface area (Å²) >= 11 is 3.58. The molecule has 1 aliphatic rings. The number of hydrogen-bond donors (Lipinski definition) is 1. The molecule has 1 saturated heterocycles. The van der Waals surface area contributed by atoms with E-state index in [0.29, 0.717) is 0 Å². The van der Waals surface area contributed by atoms with Gasteiger partial charge in [0, 0.05) is 4.47 Å². The minimum absolute atomic E-state index is 0.763. The molecular formula is C13H18BrN. The van der Waals surface area contributed by atoms with Crippen molar-refractivity contribution in [3.8, 4) is 0 Å². The third-order valence-electron chi connectivity index (χ3n) is 3.27. The second-order valence-corrected chi connectivity index (χ2v) is 5.14. The monoisotopic (exact) mass is 267 g/mol. The summed E-state index contributed by atoms with van der Waals surface area (Å²) in [5.41, 5.74) is 3.08. The van der Waals surface area contributed by atoms with Gasteiger partial charge in [-0.05, 0) is 61.5 Å². The van der Waals surface area contributed by atoms with Crippen molar-refractivity contribution in [2.24, 2.45) is 0 Å². The maximum atomic E-state index is 3.58. The van der Waals surface area contributed by atoms with Gasteiger partial charge in [-0.15, -0.1) is 0 Å². The average molecular weight is 268 g/mol. The maximum absolute atomic E-state index is 3.58. The number of piperidine rings is 1. The highest BCUT2D eigenvalue weighted by Gasteiger charge is 2.17. The standard InChI is InChI=1S/C13H18BrN/c1-2-10-3-4-12(14)9-13(10)11-5-7-15-8-6-11/h3-4,9,11,15H,2,5-8H2,1H3. The SMILES string of the molecule is CCc1ccc(Br)cc1C1CCNCC1. The molecule has 1 fully saturated rings. The molecule has 0 bridgehead atoms. The molecule has 0 aliphatic carbocycles. The van der Waals surface area contributed by atoms with E-state index in [2.05, 4.69) is 46.4 Å². The summed E-state index contributed by atoms with van der Waals surface area (Å²) in [7, 11) is 0. The minimum Gasteiger partial charge on any atom is -0.317 e. The van der Waals surface area contributed by atoms with Crippen LogP contribution in [0.4, 0.5) is 0 Å². The quantitative estimate of drug-likeness (QED) is 0.865. The largest absolute Gasteiger partial charge is 0.317 e. The Morgan fingerprint density at radius 2 is 2.07 bits per heavy atom. The van der Waals surface area contributed by atoms with Crippen LogP contribution in [-0.2, 0) is 6.42 Å². The zero-order valence-corrected chi connectivity index (χ0v) is 10.8. The molecule has 1 aromatic rings. The molecule has 1 heterocycles. The van der Waals surface area contributed by atoms with Gasteiger partial charge in [0.1, 0.15) is 0 Å². The molecule has 1 aromatic carbocycles. The Hall–Kier alpha value is -0.340. The molecule has 82 valence electrons. The normalized spacial score (nSPS) is 18.0. The number of halogens is 1. The zero-order chi connectivity index (χ0) is 10.7. The molecule has 0 saturated carbocycles. The van der Waals surface area contributed by atoms with E-state index in [9.17, 15) is 0 Å². The number of aryl methyl sites for hydroxylation is 1. The fraction of sp³-hybridized carbons (Fsp3) is 0.538. The topological polar surface area (TPSA) is 12.0 Å². The molecule has 1 nitrogen and oxygen atoms in total. The molecule has 0 amide bonds. The van der Waals surface area contributed by atoms with Gasteiger partial charge < -0.3 is 5.32 Å². The lowest BCUT2D eigenvalue weighted by Gasteiger charge is -2.25. The Morgan fingerprint density at radius 1 is 1.33 bits per heavy atom. The van der Waals surface area contributed by atoms with Crippen molar-refractivity contribution in [2.45, 2.75) is 32.1 Å². The summed E-state index contributed by atoms with van der Waals surface area (Å²) in [6.07, 6.45) is 3.71. The zero-order valence-electron chi connectivity index (χ0n) is 9.22. The Kier molecular flexibility index (Phi) is 3.81. The van der Waals surface area contributed by atoms with Crippen molar-refractivity contribution in [3.05, 3.63) is 33.8 Å². The summed E-state index contributed by atoms with van der Waals surface area (Å²) in [4.78, 5) is 0. The fourth-order valence-electron chi connectivity index (χ4n) is 2.40. The first kappa shape index (κ1) is 11.2. The first-order chi connectivity index (χ1) is 7.31. The fourth-order valence-corrected chi connectivity index (χ4v) is 2.78. The number of nitrogens with one attached hydrogen (secondary N) is 1. The van der Waals surface area contributed by atoms with Crippen LogP contribution >= 0.6 is 15.9 Å². The van der Waals surface area contributed by atoms with E-state index in [4.69, 9.17) is 0 Å². The van der Waals surface area contributed by atoms with E-state index >= 15 is 0 Å². The van der Waals surface area contributed by atoms with Crippen molar-refractivity contribution in [1.82, 2.24) is 5.32 Å². The second kappa shape index (κ2) is 5.13. The Labute approximate surface area is 100 Å². The van der Waals surface area contributed by atoms with Crippen LogP contribution in [0.5, 0.6) is 0 Å². The van der Waals surface area contributed by atoms with Crippen LogP contribution in [0.15, 0.2) is 22.7 Å². The number of benzene rings is 1. The molecular weight excluding hydrogens is 250 g/mol. The van der Waals surface area contributed by atoms with Gasteiger partial charge in [-0.25, -0.2) is 0 Å². The molecule has 0 atom stereocenters. The van der Waals surface area contributed by atoms with Gasteiger partial charge in [0.05, 0.1) is 0 Å².